The lowest BCUT2D eigenvalue weighted by atomic mass is 9.67. The molecule has 1 aliphatic carbocycles. The second-order valence-corrected chi connectivity index (χ2v) is 8.70. The number of hydrogen-bond acceptors (Lipinski definition) is 6. The molecule has 2 aliphatic heterocycles. The molecule has 1 amide bonds. The number of likely N-dealkylation sites (tertiary alicyclic amines) is 1. The second-order valence-electron chi connectivity index (χ2n) is 8.70. The summed E-state index contributed by atoms with van der Waals surface area (Å²) in [4.78, 5) is 15.4. The minimum Gasteiger partial charge on any atom is -0.487 e. The average molecular weight is 383 g/mol. The van der Waals surface area contributed by atoms with Crippen LogP contribution in [-0.4, -0.2) is 40.3 Å². The van der Waals surface area contributed by atoms with E-state index in [1.54, 1.807) is 7.11 Å². The highest BCUT2D eigenvalue weighted by Gasteiger charge is 2.61. The Balaban J connectivity index is 1.46. The topological polar surface area (TPSA) is 77.7 Å². The fourth-order valence-electron chi connectivity index (χ4n) is 5.01. The van der Waals surface area contributed by atoms with Crippen molar-refractivity contribution < 1.29 is 18.7 Å². The van der Waals surface area contributed by atoms with E-state index in [4.69, 9.17) is 13.9 Å². The molecule has 0 unspecified atom stereocenters. The third-order valence-electron chi connectivity index (χ3n) is 6.40. The van der Waals surface area contributed by atoms with Crippen LogP contribution in [0.2, 0.25) is 0 Å². The molecule has 7 nitrogen and oxygen atoms in total. The maximum absolute atomic E-state index is 13.5. The first-order valence-electron chi connectivity index (χ1n) is 9.89. The van der Waals surface area contributed by atoms with Gasteiger partial charge in [0.2, 0.25) is 11.8 Å². The molecule has 2 fully saturated rings. The van der Waals surface area contributed by atoms with Crippen LogP contribution in [0.4, 0.5) is 0 Å². The Labute approximate surface area is 164 Å². The molecule has 5 rings (SSSR count). The van der Waals surface area contributed by atoms with Crippen molar-refractivity contribution in [3.63, 3.8) is 0 Å². The van der Waals surface area contributed by atoms with Crippen molar-refractivity contribution in [3.8, 4) is 5.75 Å². The van der Waals surface area contributed by atoms with Crippen molar-refractivity contribution in [3.05, 3.63) is 41.1 Å². The lowest BCUT2D eigenvalue weighted by molar-refractivity contribution is -0.00463. The van der Waals surface area contributed by atoms with Crippen LogP contribution in [0.15, 0.2) is 22.6 Å². The van der Waals surface area contributed by atoms with Gasteiger partial charge in [0, 0.05) is 25.6 Å². The predicted molar refractivity (Wildman–Crippen MR) is 99.9 cm³/mol. The standard InChI is InChI=1S/C21H25N3O4/c1-20(2)11-14-5-4-13(10-16(14)28-20)18(25)24-9-7-15-6-8-21(15,24)19-23-22-17(27-19)12-26-3/h4-5,10,15H,6-9,11-12H2,1-3H3/t15-,21-/m0/s1. The first kappa shape index (κ1) is 17.7. The zero-order chi connectivity index (χ0) is 19.5. The van der Waals surface area contributed by atoms with Gasteiger partial charge in [-0.2, -0.15) is 0 Å². The number of fused-ring (bicyclic) bond motifs is 2. The summed E-state index contributed by atoms with van der Waals surface area (Å²) in [5.74, 6) is 2.18. The zero-order valence-corrected chi connectivity index (χ0v) is 16.5. The number of hydrogen-bond donors (Lipinski definition) is 0. The van der Waals surface area contributed by atoms with Crippen LogP contribution < -0.4 is 4.74 Å². The van der Waals surface area contributed by atoms with Crippen molar-refractivity contribution in [2.45, 2.75) is 57.3 Å². The quantitative estimate of drug-likeness (QED) is 0.807. The number of benzene rings is 1. The molecule has 1 aromatic heterocycles. The zero-order valence-electron chi connectivity index (χ0n) is 16.5. The van der Waals surface area contributed by atoms with E-state index in [1.165, 1.54) is 0 Å². The third-order valence-corrected chi connectivity index (χ3v) is 6.40. The molecule has 2 atom stereocenters. The number of carbonyl (C=O) groups excluding carboxylic acids is 1. The molecular weight excluding hydrogens is 358 g/mol. The van der Waals surface area contributed by atoms with Gasteiger partial charge in [-0.1, -0.05) is 6.07 Å². The van der Waals surface area contributed by atoms with E-state index in [1.807, 2.05) is 23.1 Å². The Morgan fingerprint density at radius 3 is 2.93 bits per heavy atom. The Hall–Kier alpha value is -2.41. The van der Waals surface area contributed by atoms with Gasteiger partial charge in [-0.05, 0) is 56.7 Å². The molecular formula is C21H25N3O4. The van der Waals surface area contributed by atoms with E-state index >= 15 is 0 Å². The van der Waals surface area contributed by atoms with Gasteiger partial charge in [0.15, 0.2) is 0 Å². The van der Waals surface area contributed by atoms with Crippen LogP contribution >= 0.6 is 0 Å². The molecule has 1 saturated carbocycles. The van der Waals surface area contributed by atoms with Crippen LogP contribution in [0.5, 0.6) is 5.75 Å². The van der Waals surface area contributed by atoms with Crippen molar-refractivity contribution >= 4 is 5.91 Å². The van der Waals surface area contributed by atoms with Gasteiger partial charge < -0.3 is 18.8 Å². The first-order chi connectivity index (χ1) is 13.4. The fraction of sp³-hybridized carbons (Fsp3) is 0.571. The second kappa shape index (κ2) is 6.04. The highest BCUT2D eigenvalue weighted by Crippen LogP contribution is 2.57. The van der Waals surface area contributed by atoms with E-state index < -0.39 is 5.54 Å². The largest absolute Gasteiger partial charge is 0.487 e. The lowest BCUT2D eigenvalue weighted by Gasteiger charge is -2.47. The molecule has 1 aromatic carbocycles. The van der Waals surface area contributed by atoms with Gasteiger partial charge in [-0.15, -0.1) is 10.2 Å². The number of rotatable bonds is 4. The minimum atomic E-state index is -0.477. The number of amides is 1. The number of aromatic nitrogens is 2. The van der Waals surface area contributed by atoms with Gasteiger partial charge in [0.05, 0.1) is 0 Å². The average Bonchev–Trinajstić information content (AvgIpc) is 3.27. The molecule has 2 aromatic rings. The van der Waals surface area contributed by atoms with Crippen LogP contribution in [0.25, 0.3) is 0 Å². The van der Waals surface area contributed by atoms with Crippen LogP contribution in [-0.2, 0) is 23.3 Å². The normalized spacial score (nSPS) is 27.1. The molecule has 0 bridgehead atoms. The smallest absolute Gasteiger partial charge is 0.254 e. The molecule has 3 heterocycles. The van der Waals surface area contributed by atoms with Gasteiger partial charge >= 0.3 is 0 Å². The number of methoxy groups -OCH3 is 1. The molecule has 28 heavy (non-hydrogen) atoms. The Kier molecular flexibility index (Phi) is 3.81. The van der Waals surface area contributed by atoms with Crippen LogP contribution in [0.1, 0.15) is 60.8 Å². The molecule has 0 spiro atoms. The summed E-state index contributed by atoms with van der Waals surface area (Å²) in [7, 11) is 1.59. The van der Waals surface area contributed by atoms with Gasteiger partial charge in [-0.25, -0.2) is 0 Å². The number of nitrogens with zero attached hydrogens (tertiary/aromatic N) is 3. The van der Waals surface area contributed by atoms with E-state index in [2.05, 4.69) is 24.0 Å². The molecule has 0 radical (unpaired) electrons. The fourth-order valence-corrected chi connectivity index (χ4v) is 5.01. The maximum Gasteiger partial charge on any atom is 0.254 e. The Bertz CT molecular complexity index is 937. The van der Waals surface area contributed by atoms with Gasteiger partial charge in [0.25, 0.3) is 5.91 Å². The number of carbonyl (C=O) groups is 1. The van der Waals surface area contributed by atoms with Crippen molar-refractivity contribution in [1.82, 2.24) is 15.1 Å². The molecule has 3 aliphatic rings. The molecule has 7 heteroatoms. The highest BCUT2D eigenvalue weighted by molar-refractivity contribution is 5.95. The maximum atomic E-state index is 13.5. The molecule has 148 valence electrons. The predicted octanol–water partition coefficient (Wildman–Crippen LogP) is 3.08. The third kappa shape index (κ3) is 2.49. The summed E-state index contributed by atoms with van der Waals surface area (Å²) in [6, 6.07) is 5.81. The summed E-state index contributed by atoms with van der Waals surface area (Å²) in [5.41, 5.74) is 1.11. The van der Waals surface area contributed by atoms with Crippen molar-refractivity contribution in [2.24, 2.45) is 5.92 Å². The van der Waals surface area contributed by atoms with E-state index in [-0.39, 0.29) is 18.1 Å². The van der Waals surface area contributed by atoms with Crippen molar-refractivity contribution in [1.29, 1.82) is 0 Å². The highest BCUT2D eigenvalue weighted by atomic mass is 16.5. The molecule has 0 N–H and O–H groups in total. The Morgan fingerprint density at radius 1 is 1.32 bits per heavy atom. The lowest BCUT2D eigenvalue weighted by Crippen LogP contribution is -2.54. The number of ether oxygens (including phenoxy) is 2. The summed E-state index contributed by atoms with van der Waals surface area (Å²) in [5, 5.41) is 8.37. The SMILES string of the molecule is COCc1nnc([C@]23CC[C@H]2CCN3C(=O)c2ccc3c(c2)OC(C)(C)C3)o1. The Morgan fingerprint density at radius 2 is 2.18 bits per heavy atom. The monoisotopic (exact) mass is 383 g/mol. The summed E-state index contributed by atoms with van der Waals surface area (Å²) >= 11 is 0. The van der Waals surface area contributed by atoms with Crippen LogP contribution in [0.3, 0.4) is 0 Å². The van der Waals surface area contributed by atoms with E-state index in [0.717, 1.165) is 37.0 Å². The van der Waals surface area contributed by atoms with Crippen molar-refractivity contribution in [2.75, 3.05) is 13.7 Å². The van der Waals surface area contributed by atoms with Gasteiger partial charge in [-0.3, -0.25) is 4.79 Å². The summed E-state index contributed by atoms with van der Waals surface area (Å²) < 4.78 is 17.0. The van der Waals surface area contributed by atoms with Gasteiger partial charge in [0.1, 0.15) is 23.5 Å². The molecule has 1 saturated heterocycles. The van der Waals surface area contributed by atoms with E-state index in [9.17, 15) is 4.79 Å². The first-order valence-corrected chi connectivity index (χ1v) is 9.89. The minimum absolute atomic E-state index is 0.00444. The van der Waals surface area contributed by atoms with E-state index in [0.29, 0.717) is 29.8 Å². The summed E-state index contributed by atoms with van der Waals surface area (Å²) in [6.07, 6.45) is 3.75. The summed E-state index contributed by atoms with van der Waals surface area (Å²) in [6.45, 7) is 5.11. The van der Waals surface area contributed by atoms with Crippen LogP contribution in [0, 0.1) is 5.92 Å².